The zero-order valence-corrected chi connectivity index (χ0v) is 16.1. The summed E-state index contributed by atoms with van der Waals surface area (Å²) < 4.78 is 15.6. The van der Waals surface area contributed by atoms with Crippen LogP contribution in [0.5, 0.6) is 0 Å². The Labute approximate surface area is 164 Å². The summed E-state index contributed by atoms with van der Waals surface area (Å²) >= 11 is 0. The molecule has 3 aliphatic rings. The molecule has 2 bridgehead atoms. The average molecular weight is 382 g/mol. The summed E-state index contributed by atoms with van der Waals surface area (Å²) in [6, 6.07) is 7.37. The quantitative estimate of drug-likeness (QED) is 0.864. The first-order chi connectivity index (χ1) is 13.7. The lowest BCUT2D eigenvalue weighted by Gasteiger charge is -2.34. The summed E-state index contributed by atoms with van der Waals surface area (Å²) in [5.41, 5.74) is 1.58. The van der Waals surface area contributed by atoms with Crippen molar-refractivity contribution >= 4 is 6.03 Å². The first-order valence-electron chi connectivity index (χ1n) is 10.5. The number of piperidine rings is 1. The largest absolute Gasteiger partial charge is 0.335 e. The number of carbonyl (C=O) groups excluding carboxylic acids is 1. The smallest absolute Gasteiger partial charge is 0.317 e. The SMILES string of the molecule is O=C(NC1CC2CCC1C2)N1CCC(n2cnc(-c3cccc(F)c3)c2)CC1. The molecule has 148 valence electrons. The van der Waals surface area contributed by atoms with Crippen LogP contribution in [0.25, 0.3) is 11.3 Å². The van der Waals surface area contributed by atoms with E-state index >= 15 is 0 Å². The standard InChI is InChI=1S/C22H27FN4O/c23-18-3-1-2-16(12-18)21-13-27(14-24-21)19-6-8-26(9-7-19)22(28)25-20-11-15-4-5-17(20)10-15/h1-3,12-15,17,19-20H,4-11H2,(H,25,28). The van der Waals surface area contributed by atoms with Gasteiger partial charge in [0.1, 0.15) is 5.82 Å². The van der Waals surface area contributed by atoms with Crippen molar-refractivity contribution < 1.29 is 9.18 Å². The Morgan fingerprint density at radius 3 is 2.71 bits per heavy atom. The van der Waals surface area contributed by atoms with E-state index in [4.69, 9.17) is 0 Å². The molecule has 2 saturated carbocycles. The third kappa shape index (κ3) is 3.40. The minimum Gasteiger partial charge on any atom is -0.335 e. The van der Waals surface area contributed by atoms with E-state index in [-0.39, 0.29) is 11.8 Å². The van der Waals surface area contributed by atoms with E-state index in [1.807, 2.05) is 23.5 Å². The molecule has 2 amide bonds. The van der Waals surface area contributed by atoms with E-state index in [9.17, 15) is 9.18 Å². The topological polar surface area (TPSA) is 50.2 Å². The lowest BCUT2D eigenvalue weighted by molar-refractivity contribution is 0.164. The van der Waals surface area contributed by atoms with Crippen molar-refractivity contribution in [3.63, 3.8) is 0 Å². The van der Waals surface area contributed by atoms with E-state index in [2.05, 4.69) is 14.9 Å². The molecule has 1 saturated heterocycles. The first kappa shape index (κ1) is 17.7. The Kier molecular flexibility index (Phi) is 4.57. The van der Waals surface area contributed by atoms with Gasteiger partial charge in [-0.05, 0) is 56.1 Å². The van der Waals surface area contributed by atoms with Crippen LogP contribution in [0.15, 0.2) is 36.8 Å². The molecule has 2 heterocycles. The lowest BCUT2D eigenvalue weighted by Crippen LogP contribution is -2.49. The highest BCUT2D eigenvalue weighted by atomic mass is 19.1. The van der Waals surface area contributed by atoms with Gasteiger partial charge >= 0.3 is 6.03 Å². The molecule has 3 unspecified atom stereocenters. The summed E-state index contributed by atoms with van der Waals surface area (Å²) in [7, 11) is 0. The second-order valence-electron chi connectivity index (χ2n) is 8.67. The summed E-state index contributed by atoms with van der Waals surface area (Å²) in [4.78, 5) is 19.1. The number of hydrogen-bond donors (Lipinski definition) is 1. The van der Waals surface area contributed by atoms with Gasteiger partial charge in [-0.15, -0.1) is 0 Å². The molecule has 2 aromatic rings. The fraction of sp³-hybridized carbons (Fsp3) is 0.545. The average Bonchev–Trinajstić information content (AvgIpc) is 3.45. The predicted molar refractivity (Wildman–Crippen MR) is 105 cm³/mol. The van der Waals surface area contributed by atoms with Crippen LogP contribution >= 0.6 is 0 Å². The second-order valence-corrected chi connectivity index (χ2v) is 8.67. The van der Waals surface area contributed by atoms with Gasteiger partial charge in [-0.2, -0.15) is 0 Å². The Hall–Kier alpha value is -2.37. The van der Waals surface area contributed by atoms with E-state index in [1.165, 1.54) is 37.8 Å². The third-order valence-corrected chi connectivity index (χ3v) is 6.94. The van der Waals surface area contributed by atoms with Gasteiger partial charge in [0.05, 0.1) is 12.0 Å². The molecule has 0 radical (unpaired) electrons. The van der Waals surface area contributed by atoms with Gasteiger partial charge in [0.2, 0.25) is 0 Å². The molecular formula is C22H27FN4O. The van der Waals surface area contributed by atoms with Crippen LogP contribution in [0, 0.1) is 17.7 Å². The Bertz CT molecular complexity index is 858. The molecule has 1 aromatic heterocycles. The minimum atomic E-state index is -0.248. The van der Waals surface area contributed by atoms with Crippen LogP contribution in [-0.2, 0) is 0 Å². The molecule has 2 aliphatic carbocycles. The number of rotatable bonds is 3. The van der Waals surface area contributed by atoms with Gasteiger partial charge in [0.25, 0.3) is 0 Å². The normalized spacial score (nSPS) is 27.3. The number of amides is 2. The van der Waals surface area contributed by atoms with E-state index in [0.29, 0.717) is 18.0 Å². The maximum atomic E-state index is 13.4. The fourth-order valence-corrected chi connectivity index (χ4v) is 5.37. The highest BCUT2D eigenvalue weighted by Gasteiger charge is 2.40. The number of urea groups is 1. The molecule has 3 atom stereocenters. The molecule has 1 aromatic carbocycles. The Balaban J connectivity index is 1.17. The number of aromatic nitrogens is 2. The number of carbonyl (C=O) groups is 1. The summed E-state index contributed by atoms with van der Waals surface area (Å²) in [6.07, 6.45) is 10.8. The van der Waals surface area contributed by atoms with Crippen molar-refractivity contribution in [2.45, 2.75) is 50.6 Å². The molecular weight excluding hydrogens is 355 g/mol. The van der Waals surface area contributed by atoms with Gasteiger partial charge in [-0.1, -0.05) is 18.6 Å². The van der Waals surface area contributed by atoms with Crippen LogP contribution < -0.4 is 5.32 Å². The number of fused-ring (bicyclic) bond motifs is 2. The van der Waals surface area contributed by atoms with E-state index in [0.717, 1.165) is 43.1 Å². The number of nitrogens with one attached hydrogen (secondary N) is 1. The number of halogens is 1. The van der Waals surface area contributed by atoms with Crippen molar-refractivity contribution in [2.24, 2.45) is 11.8 Å². The predicted octanol–water partition coefficient (Wildman–Crippen LogP) is 4.22. The molecule has 1 aliphatic heterocycles. The Morgan fingerprint density at radius 2 is 2.00 bits per heavy atom. The number of benzene rings is 1. The van der Waals surface area contributed by atoms with Crippen LogP contribution in [0.2, 0.25) is 0 Å². The molecule has 3 fully saturated rings. The number of hydrogen-bond acceptors (Lipinski definition) is 2. The molecule has 5 nitrogen and oxygen atoms in total. The van der Waals surface area contributed by atoms with Crippen molar-refractivity contribution in [1.29, 1.82) is 0 Å². The van der Waals surface area contributed by atoms with Crippen LogP contribution in [0.4, 0.5) is 9.18 Å². The van der Waals surface area contributed by atoms with Crippen LogP contribution in [0.1, 0.15) is 44.6 Å². The highest BCUT2D eigenvalue weighted by Crippen LogP contribution is 2.44. The maximum absolute atomic E-state index is 13.4. The van der Waals surface area contributed by atoms with E-state index < -0.39 is 0 Å². The molecule has 1 N–H and O–H groups in total. The van der Waals surface area contributed by atoms with Crippen molar-refractivity contribution in [2.75, 3.05) is 13.1 Å². The zero-order chi connectivity index (χ0) is 19.1. The van der Waals surface area contributed by atoms with Crippen molar-refractivity contribution in [3.05, 3.63) is 42.6 Å². The van der Waals surface area contributed by atoms with Crippen LogP contribution in [0.3, 0.4) is 0 Å². The summed E-state index contributed by atoms with van der Waals surface area (Å²) in [5.74, 6) is 1.30. The minimum absolute atomic E-state index is 0.113. The number of likely N-dealkylation sites (tertiary alicyclic amines) is 1. The molecule has 6 heteroatoms. The molecule has 0 spiro atoms. The number of imidazole rings is 1. The first-order valence-corrected chi connectivity index (χ1v) is 10.5. The number of nitrogens with zero attached hydrogens (tertiary/aromatic N) is 3. The summed E-state index contributed by atoms with van der Waals surface area (Å²) in [5, 5.41) is 3.30. The Morgan fingerprint density at radius 1 is 1.14 bits per heavy atom. The van der Waals surface area contributed by atoms with Gasteiger partial charge in [0, 0.05) is 36.9 Å². The monoisotopic (exact) mass is 382 g/mol. The van der Waals surface area contributed by atoms with Gasteiger partial charge in [0.15, 0.2) is 0 Å². The highest BCUT2D eigenvalue weighted by molar-refractivity contribution is 5.74. The van der Waals surface area contributed by atoms with Gasteiger partial charge in [-0.25, -0.2) is 14.2 Å². The van der Waals surface area contributed by atoms with Gasteiger partial charge in [-0.3, -0.25) is 0 Å². The lowest BCUT2D eigenvalue weighted by atomic mass is 9.95. The van der Waals surface area contributed by atoms with E-state index in [1.54, 1.807) is 6.07 Å². The maximum Gasteiger partial charge on any atom is 0.317 e. The van der Waals surface area contributed by atoms with Crippen molar-refractivity contribution in [1.82, 2.24) is 19.8 Å². The third-order valence-electron chi connectivity index (χ3n) is 6.94. The fourth-order valence-electron chi connectivity index (χ4n) is 5.37. The second kappa shape index (κ2) is 7.22. The van der Waals surface area contributed by atoms with Crippen molar-refractivity contribution in [3.8, 4) is 11.3 Å². The zero-order valence-electron chi connectivity index (χ0n) is 16.1. The van der Waals surface area contributed by atoms with Gasteiger partial charge < -0.3 is 14.8 Å². The molecule has 5 rings (SSSR count). The summed E-state index contributed by atoms with van der Waals surface area (Å²) in [6.45, 7) is 1.54. The molecule has 28 heavy (non-hydrogen) atoms. The van der Waals surface area contributed by atoms with Crippen LogP contribution in [-0.4, -0.2) is 39.6 Å².